The van der Waals surface area contributed by atoms with Crippen LogP contribution in [0, 0.1) is 18.6 Å². The highest BCUT2D eigenvalue weighted by Crippen LogP contribution is 2.26. The molecule has 1 saturated heterocycles. The van der Waals surface area contributed by atoms with E-state index in [0.29, 0.717) is 48.8 Å². The maximum atomic E-state index is 14.1. The topological polar surface area (TPSA) is 49.3 Å². The molecule has 0 N–H and O–H groups in total. The molecule has 0 spiro atoms. The fourth-order valence-electron chi connectivity index (χ4n) is 3.53. The van der Waals surface area contributed by atoms with Crippen molar-refractivity contribution in [3.05, 3.63) is 77.6 Å². The van der Waals surface area contributed by atoms with E-state index in [0.717, 1.165) is 11.6 Å². The minimum absolute atomic E-state index is 0.0535. The van der Waals surface area contributed by atoms with Crippen molar-refractivity contribution in [2.75, 3.05) is 31.1 Å². The molecule has 1 aliphatic rings. The second-order valence-corrected chi connectivity index (χ2v) is 6.98. The largest absolute Gasteiger partial charge is 0.337 e. The summed E-state index contributed by atoms with van der Waals surface area (Å²) < 4.78 is 27.2. The molecule has 0 bridgehead atoms. The normalized spacial score (nSPS) is 14.2. The number of benzene rings is 2. The Labute approximate surface area is 167 Å². The van der Waals surface area contributed by atoms with Crippen LogP contribution in [-0.2, 0) is 0 Å². The fourth-order valence-corrected chi connectivity index (χ4v) is 3.53. The zero-order valence-corrected chi connectivity index (χ0v) is 16.0. The molecule has 2 aromatic carbocycles. The second kappa shape index (κ2) is 7.95. The lowest BCUT2D eigenvalue weighted by Crippen LogP contribution is -2.49. The SMILES string of the molecule is Cc1cc(-c2ccc(F)cc2F)ccc1C(=O)N1CCN(c2ncccn2)CC1. The van der Waals surface area contributed by atoms with Gasteiger partial charge in [-0.15, -0.1) is 0 Å². The van der Waals surface area contributed by atoms with Crippen LogP contribution in [0.5, 0.6) is 0 Å². The second-order valence-electron chi connectivity index (χ2n) is 6.98. The number of hydrogen-bond donors (Lipinski definition) is 0. The summed E-state index contributed by atoms with van der Waals surface area (Å²) in [5.41, 5.74) is 2.26. The minimum Gasteiger partial charge on any atom is -0.337 e. The molecule has 1 fully saturated rings. The number of amides is 1. The Bertz CT molecular complexity index is 1030. The number of aromatic nitrogens is 2. The molecule has 3 aromatic rings. The van der Waals surface area contributed by atoms with Crippen LogP contribution in [0.25, 0.3) is 11.1 Å². The van der Waals surface area contributed by atoms with Gasteiger partial charge >= 0.3 is 0 Å². The number of carbonyl (C=O) groups is 1. The van der Waals surface area contributed by atoms with Gasteiger partial charge in [-0.25, -0.2) is 18.7 Å². The molecule has 29 heavy (non-hydrogen) atoms. The van der Waals surface area contributed by atoms with Gasteiger partial charge in [0.25, 0.3) is 5.91 Å². The molecule has 2 heterocycles. The van der Waals surface area contributed by atoms with E-state index in [1.807, 2.05) is 6.92 Å². The van der Waals surface area contributed by atoms with E-state index in [9.17, 15) is 13.6 Å². The van der Waals surface area contributed by atoms with Crippen LogP contribution in [0.4, 0.5) is 14.7 Å². The van der Waals surface area contributed by atoms with Gasteiger partial charge in [0.05, 0.1) is 0 Å². The van der Waals surface area contributed by atoms with Crippen LogP contribution in [0.3, 0.4) is 0 Å². The van der Waals surface area contributed by atoms with E-state index in [4.69, 9.17) is 0 Å². The van der Waals surface area contributed by atoms with Crippen molar-refractivity contribution in [1.82, 2.24) is 14.9 Å². The summed E-state index contributed by atoms with van der Waals surface area (Å²) in [6.45, 7) is 4.29. The number of piperazine rings is 1. The van der Waals surface area contributed by atoms with Crippen LogP contribution in [0.15, 0.2) is 54.9 Å². The Morgan fingerprint density at radius 1 is 0.966 bits per heavy atom. The lowest BCUT2D eigenvalue weighted by Gasteiger charge is -2.35. The highest BCUT2D eigenvalue weighted by Gasteiger charge is 2.24. The highest BCUT2D eigenvalue weighted by molar-refractivity contribution is 5.96. The molecule has 4 rings (SSSR count). The van der Waals surface area contributed by atoms with E-state index in [2.05, 4.69) is 14.9 Å². The summed E-state index contributed by atoms with van der Waals surface area (Å²) in [6.07, 6.45) is 3.41. The summed E-state index contributed by atoms with van der Waals surface area (Å²) in [7, 11) is 0. The van der Waals surface area contributed by atoms with Crippen LogP contribution in [0.2, 0.25) is 0 Å². The van der Waals surface area contributed by atoms with Gasteiger partial charge in [-0.1, -0.05) is 12.1 Å². The molecule has 0 saturated carbocycles. The number of hydrogen-bond acceptors (Lipinski definition) is 4. The van der Waals surface area contributed by atoms with Gasteiger partial charge in [-0.3, -0.25) is 4.79 Å². The van der Waals surface area contributed by atoms with Gasteiger partial charge in [0.2, 0.25) is 5.95 Å². The van der Waals surface area contributed by atoms with Crippen molar-refractivity contribution in [2.45, 2.75) is 6.92 Å². The maximum Gasteiger partial charge on any atom is 0.254 e. The zero-order valence-electron chi connectivity index (χ0n) is 16.0. The molecule has 5 nitrogen and oxygen atoms in total. The quantitative estimate of drug-likeness (QED) is 0.680. The Balaban J connectivity index is 1.48. The lowest BCUT2D eigenvalue weighted by molar-refractivity contribution is 0.0745. The van der Waals surface area contributed by atoms with E-state index in [-0.39, 0.29) is 5.91 Å². The third kappa shape index (κ3) is 3.94. The first-order valence-corrected chi connectivity index (χ1v) is 9.40. The highest BCUT2D eigenvalue weighted by atomic mass is 19.1. The Kier molecular flexibility index (Phi) is 5.20. The number of halogens is 2. The molecular formula is C22H20F2N4O. The van der Waals surface area contributed by atoms with Crippen LogP contribution in [0.1, 0.15) is 15.9 Å². The van der Waals surface area contributed by atoms with E-state index < -0.39 is 11.6 Å². The molecule has 0 atom stereocenters. The molecular weight excluding hydrogens is 374 g/mol. The van der Waals surface area contributed by atoms with Crippen molar-refractivity contribution >= 4 is 11.9 Å². The van der Waals surface area contributed by atoms with Crippen molar-refractivity contribution in [2.24, 2.45) is 0 Å². The number of nitrogens with zero attached hydrogens (tertiary/aromatic N) is 4. The first-order chi connectivity index (χ1) is 14.0. The molecule has 7 heteroatoms. The molecule has 0 radical (unpaired) electrons. The standard InChI is InChI=1S/C22H20F2N4O/c1-15-13-16(19-6-4-17(23)14-20(19)24)3-5-18(15)21(29)27-9-11-28(12-10-27)22-25-7-2-8-26-22/h2-8,13-14H,9-12H2,1H3. The third-order valence-corrected chi connectivity index (χ3v) is 5.10. The number of rotatable bonds is 3. The predicted octanol–water partition coefficient (Wildman–Crippen LogP) is 3.69. The summed E-state index contributed by atoms with van der Waals surface area (Å²) >= 11 is 0. The van der Waals surface area contributed by atoms with Crippen LogP contribution in [-0.4, -0.2) is 47.0 Å². The van der Waals surface area contributed by atoms with Crippen molar-refractivity contribution in [3.8, 4) is 11.1 Å². The number of aryl methyl sites for hydroxylation is 1. The van der Waals surface area contributed by atoms with Gasteiger partial charge in [-0.2, -0.15) is 0 Å². The number of anilines is 1. The van der Waals surface area contributed by atoms with E-state index in [1.165, 1.54) is 12.1 Å². The Hall–Kier alpha value is -3.35. The fraction of sp³-hybridized carbons (Fsp3) is 0.227. The monoisotopic (exact) mass is 394 g/mol. The molecule has 1 aromatic heterocycles. The minimum atomic E-state index is -0.622. The number of carbonyl (C=O) groups excluding carboxylic acids is 1. The average Bonchev–Trinajstić information content (AvgIpc) is 2.74. The van der Waals surface area contributed by atoms with Gasteiger partial charge in [-0.05, 0) is 42.3 Å². The average molecular weight is 394 g/mol. The van der Waals surface area contributed by atoms with Gasteiger partial charge < -0.3 is 9.80 Å². The van der Waals surface area contributed by atoms with Gasteiger partial charge in [0.1, 0.15) is 11.6 Å². The smallest absolute Gasteiger partial charge is 0.254 e. The summed E-state index contributed by atoms with van der Waals surface area (Å²) in [4.78, 5) is 25.3. The maximum absolute atomic E-state index is 14.1. The molecule has 1 aliphatic heterocycles. The summed E-state index contributed by atoms with van der Waals surface area (Å²) in [6, 6.07) is 10.4. The predicted molar refractivity (Wildman–Crippen MR) is 107 cm³/mol. The molecule has 0 aliphatic carbocycles. The van der Waals surface area contributed by atoms with E-state index >= 15 is 0 Å². The van der Waals surface area contributed by atoms with Crippen LogP contribution < -0.4 is 4.90 Å². The Morgan fingerprint density at radius 2 is 1.69 bits per heavy atom. The zero-order chi connectivity index (χ0) is 20.4. The van der Waals surface area contributed by atoms with Crippen molar-refractivity contribution < 1.29 is 13.6 Å². The van der Waals surface area contributed by atoms with Crippen LogP contribution >= 0.6 is 0 Å². The summed E-state index contributed by atoms with van der Waals surface area (Å²) in [5, 5.41) is 0. The Morgan fingerprint density at radius 3 is 2.34 bits per heavy atom. The van der Waals surface area contributed by atoms with Crippen molar-refractivity contribution in [1.29, 1.82) is 0 Å². The van der Waals surface area contributed by atoms with E-state index in [1.54, 1.807) is 41.6 Å². The molecule has 0 unspecified atom stereocenters. The lowest BCUT2D eigenvalue weighted by atomic mass is 9.98. The van der Waals surface area contributed by atoms with Gasteiger partial charge in [0, 0.05) is 55.8 Å². The first kappa shape index (κ1) is 19.0. The molecule has 148 valence electrons. The van der Waals surface area contributed by atoms with Crippen molar-refractivity contribution in [3.63, 3.8) is 0 Å². The third-order valence-electron chi connectivity index (χ3n) is 5.10. The molecule has 1 amide bonds. The van der Waals surface area contributed by atoms with Gasteiger partial charge in [0.15, 0.2) is 0 Å². The first-order valence-electron chi connectivity index (χ1n) is 9.40. The summed E-state index contributed by atoms with van der Waals surface area (Å²) in [5.74, 6) is -0.624.